The number of carbonyl (C=O) groups is 1. The lowest BCUT2D eigenvalue weighted by molar-refractivity contribution is 0.236. The van der Waals surface area contributed by atoms with Crippen molar-refractivity contribution in [1.82, 2.24) is 10.6 Å². The molecule has 0 saturated heterocycles. The van der Waals surface area contributed by atoms with E-state index in [-0.39, 0.29) is 12.1 Å². The highest BCUT2D eigenvalue weighted by atomic mass is 32.2. The van der Waals surface area contributed by atoms with Crippen molar-refractivity contribution < 1.29 is 4.79 Å². The first kappa shape index (κ1) is 13.5. The average Bonchev–Trinajstić information content (AvgIpc) is 2.99. The minimum atomic E-state index is -0.0925. The molecule has 2 heterocycles. The Bertz CT molecular complexity index is 583. The van der Waals surface area contributed by atoms with E-state index in [2.05, 4.69) is 22.8 Å². The van der Waals surface area contributed by atoms with Crippen LogP contribution in [-0.4, -0.2) is 11.8 Å². The maximum absolute atomic E-state index is 12.0. The number of fused-ring (bicyclic) bond motifs is 1. The van der Waals surface area contributed by atoms with Gasteiger partial charge in [-0.3, -0.25) is 0 Å². The SMILES string of the molecule is O=C(NCc1cccs1)NC1CCSc2ccccc21. The van der Waals surface area contributed by atoms with E-state index in [1.165, 1.54) is 15.3 Å². The molecule has 1 aliphatic heterocycles. The van der Waals surface area contributed by atoms with Crippen molar-refractivity contribution in [3.05, 3.63) is 52.2 Å². The molecule has 5 heteroatoms. The van der Waals surface area contributed by atoms with Crippen molar-refractivity contribution in [2.45, 2.75) is 23.9 Å². The summed E-state index contributed by atoms with van der Waals surface area (Å²) < 4.78 is 0. The zero-order valence-electron chi connectivity index (χ0n) is 11.0. The average molecular weight is 304 g/mol. The van der Waals surface area contributed by atoms with Gasteiger partial charge in [-0.05, 0) is 29.5 Å². The summed E-state index contributed by atoms with van der Waals surface area (Å²) in [6, 6.07) is 12.4. The highest BCUT2D eigenvalue weighted by molar-refractivity contribution is 7.99. The third kappa shape index (κ3) is 3.16. The normalized spacial score (nSPS) is 17.3. The molecule has 0 aliphatic carbocycles. The molecule has 0 radical (unpaired) electrons. The maximum atomic E-state index is 12.0. The molecular weight excluding hydrogens is 288 g/mol. The fraction of sp³-hybridized carbons (Fsp3) is 0.267. The Kier molecular flexibility index (Phi) is 4.28. The monoisotopic (exact) mass is 304 g/mol. The van der Waals surface area contributed by atoms with Crippen molar-refractivity contribution in [2.75, 3.05) is 5.75 Å². The fourth-order valence-electron chi connectivity index (χ4n) is 2.28. The number of carbonyl (C=O) groups excluding carboxylic acids is 1. The van der Waals surface area contributed by atoms with Gasteiger partial charge in [-0.25, -0.2) is 4.79 Å². The molecule has 1 atom stereocenters. The van der Waals surface area contributed by atoms with Gasteiger partial charge in [0.1, 0.15) is 0 Å². The largest absolute Gasteiger partial charge is 0.333 e. The van der Waals surface area contributed by atoms with Gasteiger partial charge in [-0.1, -0.05) is 24.3 Å². The third-order valence-electron chi connectivity index (χ3n) is 3.27. The van der Waals surface area contributed by atoms with Gasteiger partial charge in [0, 0.05) is 15.5 Å². The van der Waals surface area contributed by atoms with E-state index >= 15 is 0 Å². The van der Waals surface area contributed by atoms with Crippen LogP contribution in [0.1, 0.15) is 22.9 Å². The highest BCUT2D eigenvalue weighted by Gasteiger charge is 2.21. The maximum Gasteiger partial charge on any atom is 0.315 e. The zero-order chi connectivity index (χ0) is 13.8. The number of thioether (sulfide) groups is 1. The Morgan fingerprint density at radius 3 is 3.00 bits per heavy atom. The lowest BCUT2D eigenvalue weighted by Crippen LogP contribution is -2.38. The second kappa shape index (κ2) is 6.33. The molecular formula is C15H16N2OS2. The predicted molar refractivity (Wildman–Crippen MR) is 84.2 cm³/mol. The van der Waals surface area contributed by atoms with Crippen LogP contribution in [0.25, 0.3) is 0 Å². The van der Waals surface area contributed by atoms with Crippen molar-refractivity contribution in [3.8, 4) is 0 Å². The van der Waals surface area contributed by atoms with Crippen LogP contribution in [0.4, 0.5) is 4.79 Å². The first-order chi connectivity index (χ1) is 9.83. The Morgan fingerprint density at radius 2 is 2.15 bits per heavy atom. The summed E-state index contributed by atoms with van der Waals surface area (Å²) in [5.41, 5.74) is 1.23. The molecule has 1 aliphatic rings. The molecule has 0 bridgehead atoms. The van der Waals surface area contributed by atoms with Gasteiger partial charge in [0.2, 0.25) is 0 Å². The Morgan fingerprint density at radius 1 is 1.25 bits per heavy atom. The number of nitrogens with one attached hydrogen (secondary N) is 2. The molecule has 2 N–H and O–H groups in total. The summed E-state index contributed by atoms with van der Waals surface area (Å²) in [7, 11) is 0. The first-order valence-corrected chi connectivity index (χ1v) is 8.48. The number of rotatable bonds is 3. The number of hydrogen-bond acceptors (Lipinski definition) is 3. The van der Waals surface area contributed by atoms with Crippen LogP contribution in [0.2, 0.25) is 0 Å². The molecule has 1 unspecified atom stereocenters. The van der Waals surface area contributed by atoms with Crippen LogP contribution in [-0.2, 0) is 6.54 Å². The summed E-state index contributed by atoms with van der Waals surface area (Å²) in [6.07, 6.45) is 0.980. The van der Waals surface area contributed by atoms with Gasteiger partial charge < -0.3 is 10.6 Å². The second-order valence-corrected chi connectivity index (χ2v) is 6.80. The van der Waals surface area contributed by atoms with Gasteiger partial charge in [0.05, 0.1) is 12.6 Å². The topological polar surface area (TPSA) is 41.1 Å². The smallest absolute Gasteiger partial charge is 0.315 e. The lowest BCUT2D eigenvalue weighted by atomic mass is 10.0. The Hall–Kier alpha value is -1.46. The molecule has 1 aromatic heterocycles. The predicted octanol–water partition coefficient (Wildman–Crippen LogP) is 3.78. The Labute approximate surface area is 126 Å². The number of benzene rings is 1. The summed E-state index contributed by atoms with van der Waals surface area (Å²) in [6.45, 7) is 0.590. The van der Waals surface area contributed by atoms with Crippen LogP contribution >= 0.6 is 23.1 Å². The minimum absolute atomic E-state index is 0.0925. The summed E-state index contributed by atoms with van der Waals surface area (Å²) in [4.78, 5) is 14.4. The van der Waals surface area contributed by atoms with E-state index in [0.29, 0.717) is 6.54 Å². The molecule has 20 heavy (non-hydrogen) atoms. The van der Waals surface area contributed by atoms with Crippen molar-refractivity contribution >= 4 is 29.1 Å². The number of thiophene rings is 1. The lowest BCUT2D eigenvalue weighted by Gasteiger charge is -2.25. The Balaban J connectivity index is 1.59. The van der Waals surface area contributed by atoms with Crippen LogP contribution in [0.3, 0.4) is 0 Å². The van der Waals surface area contributed by atoms with E-state index in [1.54, 1.807) is 11.3 Å². The van der Waals surface area contributed by atoms with Crippen molar-refractivity contribution in [1.29, 1.82) is 0 Å². The number of urea groups is 1. The zero-order valence-corrected chi connectivity index (χ0v) is 12.6. The van der Waals surface area contributed by atoms with E-state index in [1.807, 2.05) is 41.4 Å². The van der Waals surface area contributed by atoms with Gasteiger partial charge in [0.15, 0.2) is 0 Å². The van der Waals surface area contributed by atoms with Crippen LogP contribution in [0.5, 0.6) is 0 Å². The van der Waals surface area contributed by atoms with Gasteiger partial charge >= 0.3 is 6.03 Å². The molecule has 1 aromatic carbocycles. The van der Waals surface area contributed by atoms with Gasteiger partial charge in [0.25, 0.3) is 0 Å². The van der Waals surface area contributed by atoms with Crippen molar-refractivity contribution in [3.63, 3.8) is 0 Å². The van der Waals surface area contributed by atoms with E-state index in [4.69, 9.17) is 0 Å². The molecule has 0 fully saturated rings. The van der Waals surface area contributed by atoms with E-state index in [9.17, 15) is 4.79 Å². The standard InChI is InChI=1S/C15H16N2OS2/c18-15(16-10-11-4-3-8-19-11)17-13-7-9-20-14-6-2-1-5-12(13)14/h1-6,8,13H,7,9-10H2,(H2,16,17,18). The highest BCUT2D eigenvalue weighted by Crippen LogP contribution is 2.35. The first-order valence-electron chi connectivity index (χ1n) is 6.61. The summed E-state index contributed by atoms with van der Waals surface area (Å²) in [5, 5.41) is 8.01. The molecule has 3 nitrogen and oxygen atoms in total. The van der Waals surface area contributed by atoms with Crippen LogP contribution in [0.15, 0.2) is 46.7 Å². The number of amides is 2. The van der Waals surface area contributed by atoms with Gasteiger partial charge in [-0.2, -0.15) is 0 Å². The third-order valence-corrected chi connectivity index (χ3v) is 5.27. The van der Waals surface area contributed by atoms with Crippen molar-refractivity contribution in [2.24, 2.45) is 0 Å². The fourth-order valence-corrected chi connectivity index (χ4v) is 4.05. The molecule has 2 amide bonds. The van der Waals surface area contributed by atoms with E-state index < -0.39 is 0 Å². The van der Waals surface area contributed by atoms with Gasteiger partial charge in [-0.15, -0.1) is 23.1 Å². The summed E-state index contributed by atoms with van der Waals surface area (Å²) >= 11 is 3.51. The molecule has 0 spiro atoms. The second-order valence-electron chi connectivity index (χ2n) is 4.63. The molecule has 3 rings (SSSR count). The minimum Gasteiger partial charge on any atom is -0.333 e. The molecule has 2 aromatic rings. The van der Waals surface area contributed by atoms with E-state index in [0.717, 1.165) is 12.2 Å². The van der Waals surface area contributed by atoms with Crippen LogP contribution < -0.4 is 10.6 Å². The molecule has 104 valence electrons. The molecule has 0 saturated carbocycles. The van der Waals surface area contributed by atoms with Crippen LogP contribution in [0, 0.1) is 0 Å². The summed E-state index contributed by atoms with van der Waals surface area (Å²) in [5.74, 6) is 1.05. The number of hydrogen-bond donors (Lipinski definition) is 2. The quantitative estimate of drug-likeness (QED) is 0.906.